The molecule has 0 rings (SSSR count). The quantitative estimate of drug-likeness (QED) is 0.421. The number of hydrogen-bond donors (Lipinski definition) is 2. The summed E-state index contributed by atoms with van der Waals surface area (Å²) < 4.78 is 140. The van der Waals surface area contributed by atoms with Gasteiger partial charge in [-0.3, -0.25) is 9.11 Å². The lowest BCUT2D eigenvalue weighted by Gasteiger charge is -2.15. The Kier molecular flexibility index (Phi) is 5.77. The highest BCUT2D eigenvalue weighted by Gasteiger charge is 2.67. The summed E-state index contributed by atoms with van der Waals surface area (Å²) >= 11 is 0. The van der Waals surface area contributed by atoms with Gasteiger partial charge in [0, 0.05) is 0 Å². The van der Waals surface area contributed by atoms with E-state index in [1.807, 2.05) is 0 Å². The predicted molar refractivity (Wildman–Crippen MR) is 40.2 cm³/mol. The molecule has 0 spiro atoms. The lowest BCUT2D eigenvalue weighted by molar-refractivity contribution is -0.243. The Bertz CT molecular complexity index is 496. The van der Waals surface area contributed by atoms with Crippen LogP contribution in [0.4, 0.5) is 35.1 Å². The Morgan fingerprint density at radius 2 is 0.842 bits per heavy atom. The Hall–Kier alpha value is -0.740. The third-order valence-electron chi connectivity index (χ3n) is 0.946. The molecule has 0 fully saturated rings. The zero-order valence-corrected chi connectivity index (χ0v) is 9.50. The highest BCUT2D eigenvalue weighted by atomic mass is 32.2. The van der Waals surface area contributed by atoms with E-state index in [1.54, 1.807) is 0 Å². The van der Waals surface area contributed by atoms with Crippen molar-refractivity contribution in [3.8, 4) is 0 Å². The average molecular weight is 350 g/mol. The molecule has 0 aromatic rings. The van der Waals surface area contributed by atoms with Crippen molar-refractivity contribution in [3.05, 3.63) is 0 Å². The molecule has 0 aliphatic heterocycles. The first-order valence-corrected chi connectivity index (χ1v) is 6.08. The number of alkyl halides is 8. The van der Waals surface area contributed by atoms with Gasteiger partial charge in [-0.05, 0) is 0 Å². The number of hydrogen-bond acceptors (Lipinski definition) is 4. The normalized spacial score (nSPS) is 14.6. The van der Waals surface area contributed by atoms with E-state index >= 15 is 0 Å². The Labute approximate surface area is 99.1 Å². The van der Waals surface area contributed by atoms with Crippen molar-refractivity contribution in [2.24, 2.45) is 0 Å². The summed E-state index contributed by atoms with van der Waals surface area (Å²) in [4.78, 5) is 0. The summed E-state index contributed by atoms with van der Waals surface area (Å²) in [7, 11) is -12.3. The van der Waals surface area contributed by atoms with Gasteiger partial charge >= 0.3 is 37.2 Å². The smallest absolute Gasteiger partial charge is 0.281 e. The van der Waals surface area contributed by atoms with Crippen molar-refractivity contribution in [1.29, 1.82) is 0 Å². The van der Waals surface area contributed by atoms with E-state index in [0.29, 0.717) is 0 Å². The highest BCUT2D eigenvalue weighted by Crippen LogP contribution is 2.38. The minimum absolute atomic E-state index is 5.53. The Morgan fingerprint density at radius 1 is 0.632 bits per heavy atom. The van der Waals surface area contributed by atoms with E-state index in [2.05, 4.69) is 0 Å². The molecule has 118 valence electrons. The SMILES string of the molecule is O=S(=O)(O)C(F)(F)C(F)(F)F.O=S(=O)(O)C(F)(F)F. The lowest BCUT2D eigenvalue weighted by Crippen LogP contribution is -2.43. The van der Waals surface area contributed by atoms with Crippen LogP contribution in [-0.2, 0) is 20.2 Å². The second-order valence-electron chi connectivity index (χ2n) is 2.41. The van der Waals surface area contributed by atoms with Gasteiger partial charge in [0.2, 0.25) is 0 Å². The molecular weight excluding hydrogens is 348 g/mol. The number of rotatable bonds is 1. The van der Waals surface area contributed by atoms with Crippen molar-refractivity contribution in [1.82, 2.24) is 0 Å². The van der Waals surface area contributed by atoms with Crippen LogP contribution in [0, 0.1) is 0 Å². The summed E-state index contributed by atoms with van der Waals surface area (Å²) in [6, 6.07) is 0. The van der Waals surface area contributed by atoms with E-state index < -0.39 is 37.2 Å². The van der Waals surface area contributed by atoms with Gasteiger partial charge in [-0.15, -0.1) is 0 Å². The van der Waals surface area contributed by atoms with Crippen molar-refractivity contribution < 1.29 is 61.1 Å². The zero-order valence-electron chi connectivity index (χ0n) is 7.87. The van der Waals surface area contributed by atoms with Crippen LogP contribution in [0.25, 0.3) is 0 Å². The molecule has 0 amide bonds. The first kappa shape index (κ1) is 20.6. The molecule has 0 saturated heterocycles. The van der Waals surface area contributed by atoms with Gasteiger partial charge in [-0.25, -0.2) is 0 Å². The van der Waals surface area contributed by atoms with Crippen molar-refractivity contribution in [2.75, 3.05) is 0 Å². The molecule has 19 heavy (non-hydrogen) atoms. The first-order chi connectivity index (χ1) is 7.75. The topological polar surface area (TPSA) is 109 Å². The van der Waals surface area contributed by atoms with E-state index in [1.165, 1.54) is 0 Å². The van der Waals surface area contributed by atoms with Crippen molar-refractivity contribution in [3.63, 3.8) is 0 Å². The van der Waals surface area contributed by atoms with Crippen LogP contribution in [0.1, 0.15) is 0 Å². The fourth-order valence-corrected chi connectivity index (χ4v) is 0.439. The lowest BCUT2D eigenvalue weighted by atomic mass is 10.7. The van der Waals surface area contributed by atoms with Gasteiger partial charge in [-0.2, -0.15) is 52.0 Å². The van der Waals surface area contributed by atoms with E-state index in [4.69, 9.17) is 17.5 Å². The molecule has 0 aliphatic rings. The molecule has 0 atom stereocenters. The third kappa shape index (κ3) is 5.83. The van der Waals surface area contributed by atoms with Gasteiger partial charge < -0.3 is 0 Å². The maximum Gasteiger partial charge on any atom is 0.522 e. The molecule has 16 heteroatoms. The van der Waals surface area contributed by atoms with Crippen LogP contribution in [0.3, 0.4) is 0 Å². The molecule has 0 unspecified atom stereocenters. The van der Waals surface area contributed by atoms with Crippen LogP contribution < -0.4 is 0 Å². The van der Waals surface area contributed by atoms with Gasteiger partial charge in [-0.1, -0.05) is 0 Å². The maximum absolute atomic E-state index is 11.5. The fraction of sp³-hybridized carbons (Fsp3) is 1.00. The van der Waals surface area contributed by atoms with Gasteiger partial charge in [0.25, 0.3) is 0 Å². The van der Waals surface area contributed by atoms with Crippen LogP contribution in [0.15, 0.2) is 0 Å². The van der Waals surface area contributed by atoms with Crippen LogP contribution in [-0.4, -0.2) is 42.9 Å². The molecule has 0 bridgehead atoms. The third-order valence-corrected chi connectivity index (χ3v) is 2.41. The van der Waals surface area contributed by atoms with Gasteiger partial charge in [0.05, 0.1) is 0 Å². The maximum atomic E-state index is 11.5. The molecule has 0 aromatic heterocycles. The van der Waals surface area contributed by atoms with E-state index in [-0.39, 0.29) is 0 Å². The summed E-state index contributed by atoms with van der Waals surface area (Å²) in [6.45, 7) is 0. The molecule has 0 aromatic carbocycles. The minimum Gasteiger partial charge on any atom is -0.281 e. The van der Waals surface area contributed by atoms with Crippen molar-refractivity contribution in [2.45, 2.75) is 16.9 Å². The molecule has 2 N–H and O–H groups in total. The number of halogens is 8. The monoisotopic (exact) mass is 350 g/mol. The fourth-order valence-electron chi connectivity index (χ4n) is 0.146. The molecule has 0 heterocycles. The van der Waals surface area contributed by atoms with Crippen molar-refractivity contribution >= 4 is 20.2 Å². The zero-order chi connectivity index (χ0) is 16.5. The largest absolute Gasteiger partial charge is 0.522 e. The average Bonchev–Trinajstić information content (AvgIpc) is 1.96. The second kappa shape index (κ2) is 5.33. The molecule has 0 aliphatic carbocycles. The molecular formula is C3H2F8O6S2. The summed E-state index contributed by atoms with van der Waals surface area (Å²) in [6.07, 6.45) is -6.29. The Balaban J connectivity index is 0. The van der Waals surface area contributed by atoms with E-state index in [9.17, 15) is 43.5 Å². The Morgan fingerprint density at radius 3 is 0.842 bits per heavy atom. The van der Waals surface area contributed by atoms with Crippen LogP contribution in [0.2, 0.25) is 0 Å². The predicted octanol–water partition coefficient (Wildman–Crippen LogP) is 1.42. The van der Waals surface area contributed by atoms with Crippen LogP contribution in [0.5, 0.6) is 0 Å². The van der Waals surface area contributed by atoms with E-state index in [0.717, 1.165) is 0 Å². The summed E-state index contributed by atoms with van der Waals surface area (Å²) in [5, 5.41) is -6.10. The molecule has 0 saturated carbocycles. The summed E-state index contributed by atoms with van der Waals surface area (Å²) in [5.74, 6) is 0. The first-order valence-electron chi connectivity index (χ1n) is 3.20. The van der Waals surface area contributed by atoms with Gasteiger partial charge in [0.1, 0.15) is 0 Å². The standard InChI is InChI=1S/C2HF5O3S.CHF3O3S/c3-1(4,5)2(6,7)11(8,9)10;2-1(3,4)8(5,6)7/h(H,8,9,10);(H,5,6,7). The van der Waals surface area contributed by atoms with Crippen LogP contribution >= 0.6 is 0 Å². The highest BCUT2D eigenvalue weighted by molar-refractivity contribution is 7.87. The van der Waals surface area contributed by atoms with Gasteiger partial charge in [0.15, 0.2) is 0 Å². The minimum atomic E-state index is -6.42. The molecule has 0 radical (unpaired) electrons. The summed E-state index contributed by atoms with van der Waals surface area (Å²) in [5.41, 5.74) is -5.53. The second-order valence-corrected chi connectivity index (χ2v) is 5.29. The molecule has 6 nitrogen and oxygen atoms in total.